The third kappa shape index (κ3) is 3.26. The molecule has 1 saturated heterocycles. The van der Waals surface area contributed by atoms with Gasteiger partial charge in [-0.3, -0.25) is 4.90 Å². The normalized spacial score (nSPS) is 22.1. The molecule has 1 aromatic rings. The second kappa shape index (κ2) is 6.18. The van der Waals surface area contributed by atoms with Gasteiger partial charge in [0.1, 0.15) is 13.2 Å². The summed E-state index contributed by atoms with van der Waals surface area (Å²) in [6.07, 6.45) is 1.07. The molecule has 0 radical (unpaired) electrons. The van der Waals surface area contributed by atoms with Crippen LogP contribution in [0.4, 0.5) is 0 Å². The van der Waals surface area contributed by atoms with Crippen LogP contribution in [0.1, 0.15) is 12.0 Å². The van der Waals surface area contributed by atoms with Gasteiger partial charge >= 0.3 is 0 Å². The third-order valence-corrected chi connectivity index (χ3v) is 3.65. The largest absolute Gasteiger partial charge is 0.486 e. The van der Waals surface area contributed by atoms with Gasteiger partial charge in [0, 0.05) is 25.7 Å². The van der Waals surface area contributed by atoms with Gasteiger partial charge in [-0.2, -0.15) is 0 Å². The van der Waals surface area contributed by atoms with Crippen molar-refractivity contribution in [3.05, 3.63) is 22.7 Å². The Hall–Kier alpha value is -0.680. The Kier molecular flexibility index (Phi) is 4.79. The van der Waals surface area contributed by atoms with Crippen molar-refractivity contribution in [2.75, 3.05) is 26.3 Å². The van der Waals surface area contributed by atoms with E-state index in [2.05, 4.69) is 4.90 Å². The molecule has 0 unspecified atom stereocenters. The molecule has 19 heavy (non-hydrogen) atoms. The summed E-state index contributed by atoms with van der Waals surface area (Å²) in [6, 6.07) is 4.28. The maximum atomic E-state index is 6.21. The molecule has 6 heteroatoms. The Morgan fingerprint density at radius 3 is 2.84 bits per heavy atom. The maximum Gasteiger partial charge on any atom is 0.179 e. The minimum atomic E-state index is 0. The number of nitrogens with two attached hydrogens (primary N) is 1. The number of nitrogens with zero attached hydrogens (tertiary/aromatic N) is 1. The van der Waals surface area contributed by atoms with Gasteiger partial charge in [0.25, 0.3) is 0 Å². The Morgan fingerprint density at radius 1 is 1.32 bits per heavy atom. The molecule has 3 rings (SSSR count). The summed E-state index contributed by atoms with van der Waals surface area (Å²) in [7, 11) is 0. The fraction of sp³-hybridized carbons (Fsp3) is 0.538. The third-order valence-electron chi connectivity index (χ3n) is 3.37. The van der Waals surface area contributed by atoms with Crippen molar-refractivity contribution in [1.82, 2.24) is 4.90 Å². The van der Waals surface area contributed by atoms with Crippen molar-refractivity contribution in [3.63, 3.8) is 0 Å². The van der Waals surface area contributed by atoms with E-state index in [9.17, 15) is 0 Å². The smallest absolute Gasteiger partial charge is 0.179 e. The summed E-state index contributed by atoms with van der Waals surface area (Å²) >= 11 is 6.21. The highest BCUT2D eigenvalue weighted by molar-refractivity contribution is 6.32. The highest BCUT2D eigenvalue weighted by Gasteiger charge is 2.21. The molecule has 0 bridgehead atoms. The number of ether oxygens (including phenoxy) is 2. The molecule has 1 fully saturated rings. The summed E-state index contributed by atoms with van der Waals surface area (Å²) in [5, 5.41) is 0.630. The predicted octanol–water partition coefficient (Wildman–Crippen LogP) is 2.07. The lowest BCUT2D eigenvalue weighted by molar-refractivity contribution is 0.171. The van der Waals surface area contributed by atoms with Crippen LogP contribution in [0, 0.1) is 0 Å². The standard InChI is InChI=1S/C13H17ClN2O2.ClH/c14-11-5-9(7-16-2-1-10(15)8-16)6-12-13(11)18-4-3-17-12;/h5-6,10H,1-4,7-8,15H2;1H/t10-;/m1./s1. The lowest BCUT2D eigenvalue weighted by Gasteiger charge is -2.22. The first-order valence-electron chi connectivity index (χ1n) is 6.28. The van der Waals surface area contributed by atoms with Gasteiger partial charge in [-0.15, -0.1) is 12.4 Å². The van der Waals surface area contributed by atoms with Crippen LogP contribution in [0.2, 0.25) is 5.02 Å². The Labute approximate surface area is 124 Å². The number of benzene rings is 1. The maximum absolute atomic E-state index is 6.21. The quantitative estimate of drug-likeness (QED) is 0.908. The molecule has 1 aromatic carbocycles. The zero-order valence-electron chi connectivity index (χ0n) is 10.6. The van der Waals surface area contributed by atoms with Crippen LogP contribution >= 0.6 is 24.0 Å². The van der Waals surface area contributed by atoms with E-state index in [0.717, 1.165) is 37.4 Å². The van der Waals surface area contributed by atoms with Crippen molar-refractivity contribution < 1.29 is 9.47 Å². The lowest BCUT2D eigenvalue weighted by Crippen LogP contribution is -2.26. The van der Waals surface area contributed by atoms with Crippen LogP contribution in [0.5, 0.6) is 11.5 Å². The van der Waals surface area contributed by atoms with E-state index < -0.39 is 0 Å². The summed E-state index contributed by atoms with van der Waals surface area (Å²) in [5.41, 5.74) is 7.06. The number of likely N-dealkylation sites (tertiary alicyclic amines) is 1. The van der Waals surface area contributed by atoms with E-state index in [0.29, 0.717) is 30.0 Å². The first kappa shape index (κ1) is 14.7. The molecule has 0 saturated carbocycles. The van der Waals surface area contributed by atoms with E-state index >= 15 is 0 Å². The van der Waals surface area contributed by atoms with E-state index in [-0.39, 0.29) is 12.4 Å². The van der Waals surface area contributed by atoms with Crippen molar-refractivity contribution in [2.45, 2.75) is 19.0 Å². The summed E-state index contributed by atoms with van der Waals surface area (Å²) < 4.78 is 11.1. The van der Waals surface area contributed by atoms with E-state index in [1.165, 1.54) is 0 Å². The van der Waals surface area contributed by atoms with Gasteiger partial charge in [0.05, 0.1) is 5.02 Å². The Balaban J connectivity index is 0.00000133. The van der Waals surface area contributed by atoms with Gasteiger partial charge in [-0.25, -0.2) is 0 Å². The SMILES string of the molecule is Cl.N[C@@H]1CCN(Cc2cc(Cl)c3c(c2)OCCO3)C1. The molecule has 2 aliphatic rings. The van der Waals surface area contributed by atoms with Gasteiger partial charge in [0.2, 0.25) is 0 Å². The monoisotopic (exact) mass is 304 g/mol. The fourth-order valence-corrected chi connectivity index (χ4v) is 2.81. The van der Waals surface area contributed by atoms with Gasteiger partial charge in [-0.1, -0.05) is 11.6 Å². The van der Waals surface area contributed by atoms with Crippen molar-refractivity contribution in [2.24, 2.45) is 5.73 Å². The average molecular weight is 305 g/mol. The molecule has 2 N–H and O–H groups in total. The first-order valence-corrected chi connectivity index (χ1v) is 6.66. The lowest BCUT2D eigenvalue weighted by atomic mass is 10.2. The Bertz CT molecular complexity index is 457. The molecule has 2 heterocycles. The molecular formula is C13H18Cl2N2O2. The first-order chi connectivity index (χ1) is 8.72. The molecular weight excluding hydrogens is 287 g/mol. The molecule has 1 atom stereocenters. The average Bonchev–Trinajstić information content (AvgIpc) is 2.75. The van der Waals surface area contributed by atoms with Crippen LogP contribution < -0.4 is 15.2 Å². The van der Waals surface area contributed by atoms with Gasteiger partial charge < -0.3 is 15.2 Å². The van der Waals surface area contributed by atoms with E-state index in [1.54, 1.807) is 0 Å². The van der Waals surface area contributed by atoms with Crippen LogP contribution in [0.3, 0.4) is 0 Å². The number of fused-ring (bicyclic) bond motifs is 1. The topological polar surface area (TPSA) is 47.7 Å². The second-order valence-electron chi connectivity index (χ2n) is 4.89. The second-order valence-corrected chi connectivity index (χ2v) is 5.29. The summed E-state index contributed by atoms with van der Waals surface area (Å²) in [6.45, 7) is 4.01. The predicted molar refractivity (Wildman–Crippen MR) is 77.6 cm³/mol. The van der Waals surface area contributed by atoms with E-state index in [1.807, 2.05) is 12.1 Å². The molecule has 0 aliphatic carbocycles. The number of halogens is 2. The highest BCUT2D eigenvalue weighted by atomic mass is 35.5. The molecule has 0 spiro atoms. The van der Waals surface area contributed by atoms with Crippen LogP contribution in [-0.2, 0) is 6.54 Å². The molecule has 4 nitrogen and oxygen atoms in total. The number of hydrogen-bond acceptors (Lipinski definition) is 4. The number of hydrogen-bond donors (Lipinski definition) is 1. The van der Waals surface area contributed by atoms with Crippen molar-refractivity contribution in [3.8, 4) is 11.5 Å². The van der Waals surface area contributed by atoms with Crippen molar-refractivity contribution >= 4 is 24.0 Å². The zero-order chi connectivity index (χ0) is 12.5. The van der Waals surface area contributed by atoms with Crippen LogP contribution in [-0.4, -0.2) is 37.2 Å². The minimum Gasteiger partial charge on any atom is -0.486 e. The van der Waals surface area contributed by atoms with E-state index in [4.69, 9.17) is 26.8 Å². The summed E-state index contributed by atoms with van der Waals surface area (Å²) in [4.78, 5) is 2.34. The molecule has 106 valence electrons. The fourth-order valence-electron chi connectivity index (χ4n) is 2.52. The summed E-state index contributed by atoms with van der Waals surface area (Å²) in [5.74, 6) is 1.43. The Morgan fingerprint density at radius 2 is 2.11 bits per heavy atom. The molecule has 2 aliphatic heterocycles. The van der Waals surface area contributed by atoms with Crippen molar-refractivity contribution in [1.29, 1.82) is 0 Å². The van der Waals surface area contributed by atoms with Crippen LogP contribution in [0.15, 0.2) is 12.1 Å². The zero-order valence-corrected chi connectivity index (χ0v) is 12.2. The highest BCUT2D eigenvalue weighted by Crippen LogP contribution is 2.38. The number of rotatable bonds is 2. The van der Waals surface area contributed by atoms with Crippen LogP contribution in [0.25, 0.3) is 0 Å². The minimum absolute atomic E-state index is 0. The van der Waals surface area contributed by atoms with Gasteiger partial charge in [-0.05, 0) is 24.1 Å². The molecule has 0 amide bonds. The molecule has 0 aromatic heterocycles. The van der Waals surface area contributed by atoms with Gasteiger partial charge in [0.15, 0.2) is 11.5 Å².